The SMILES string of the molecule is CCC1c2cc(C)c(C)cc2C/C=C\C=C(/C)C2(C3=C(CCC=C3)c3ccccc32)C(C)/C=C\C=C(/C)c2cc(C)c(C)cc21. The zero-order chi connectivity index (χ0) is 31.9. The number of rotatable bonds is 1. The average molecular weight is 591 g/mol. The van der Waals surface area contributed by atoms with Gasteiger partial charge in [0.1, 0.15) is 0 Å². The fraction of sp³-hybridized carbons (Fsp3) is 0.333. The monoisotopic (exact) mass is 590 g/mol. The van der Waals surface area contributed by atoms with Crippen LogP contribution in [0.3, 0.4) is 0 Å². The second-order valence-electron chi connectivity index (χ2n) is 13.8. The third kappa shape index (κ3) is 5.27. The quantitative estimate of drug-likeness (QED) is 0.264. The predicted molar refractivity (Wildman–Crippen MR) is 196 cm³/mol. The molecule has 3 aliphatic rings. The van der Waals surface area contributed by atoms with Crippen molar-refractivity contribution in [1.82, 2.24) is 0 Å². The van der Waals surface area contributed by atoms with Gasteiger partial charge in [-0.05, 0) is 145 Å². The van der Waals surface area contributed by atoms with Gasteiger partial charge < -0.3 is 0 Å². The van der Waals surface area contributed by atoms with Crippen molar-refractivity contribution in [3.8, 4) is 0 Å². The van der Waals surface area contributed by atoms with E-state index in [1.165, 1.54) is 77.9 Å². The molecule has 0 aromatic heterocycles. The minimum Gasteiger partial charge on any atom is -0.0839 e. The van der Waals surface area contributed by atoms with Crippen molar-refractivity contribution in [3.63, 3.8) is 0 Å². The summed E-state index contributed by atoms with van der Waals surface area (Å²) in [5.74, 6) is 0.629. The van der Waals surface area contributed by atoms with Crippen LogP contribution in [0.15, 0.2) is 108 Å². The molecule has 6 rings (SSSR count). The average Bonchev–Trinajstić information content (AvgIpc) is 3.34. The van der Waals surface area contributed by atoms with Gasteiger partial charge >= 0.3 is 0 Å². The maximum atomic E-state index is 2.48. The van der Waals surface area contributed by atoms with Crippen LogP contribution in [0.1, 0.15) is 109 Å². The Morgan fingerprint density at radius 3 is 2.24 bits per heavy atom. The number of fused-ring (bicyclic) bond motifs is 6. The lowest BCUT2D eigenvalue weighted by Gasteiger charge is -2.39. The largest absolute Gasteiger partial charge is 0.0839 e. The summed E-state index contributed by atoms with van der Waals surface area (Å²) in [6, 6.07) is 19.0. The molecule has 0 bridgehead atoms. The molecule has 0 heterocycles. The molecule has 0 aliphatic heterocycles. The van der Waals surface area contributed by atoms with Crippen LogP contribution in [-0.4, -0.2) is 0 Å². The normalized spacial score (nSPS) is 26.7. The minimum atomic E-state index is -0.187. The molecule has 0 N–H and O–H groups in total. The van der Waals surface area contributed by atoms with Gasteiger partial charge in [0.05, 0.1) is 0 Å². The van der Waals surface area contributed by atoms with Gasteiger partial charge in [-0.3, -0.25) is 0 Å². The van der Waals surface area contributed by atoms with E-state index in [0.29, 0.717) is 5.92 Å². The van der Waals surface area contributed by atoms with Gasteiger partial charge in [0, 0.05) is 11.3 Å². The van der Waals surface area contributed by atoms with E-state index < -0.39 is 0 Å². The first kappa shape index (κ1) is 31.1. The Hall–Kier alpha value is -3.90. The van der Waals surface area contributed by atoms with Gasteiger partial charge in [0.2, 0.25) is 0 Å². The summed E-state index contributed by atoms with van der Waals surface area (Å²) in [6.45, 7) is 18.5. The summed E-state index contributed by atoms with van der Waals surface area (Å²) in [5.41, 5.74) is 19.7. The highest BCUT2D eigenvalue weighted by molar-refractivity contribution is 5.86. The highest BCUT2D eigenvalue weighted by Gasteiger charge is 2.48. The Kier molecular flexibility index (Phi) is 8.62. The first-order chi connectivity index (χ1) is 21.7. The molecule has 0 radical (unpaired) electrons. The van der Waals surface area contributed by atoms with Gasteiger partial charge in [-0.25, -0.2) is 0 Å². The van der Waals surface area contributed by atoms with Crippen molar-refractivity contribution in [2.45, 2.75) is 92.4 Å². The molecule has 45 heavy (non-hydrogen) atoms. The zero-order valence-corrected chi connectivity index (χ0v) is 28.7. The smallest absolute Gasteiger partial charge is 0.0480 e. The minimum absolute atomic E-state index is 0.187. The molecule has 0 heteroatoms. The molecule has 1 spiro atoms. The summed E-state index contributed by atoms with van der Waals surface area (Å²) in [4.78, 5) is 0. The van der Waals surface area contributed by atoms with Gasteiger partial charge in [0.15, 0.2) is 0 Å². The number of benzene rings is 3. The number of aryl methyl sites for hydroxylation is 4. The van der Waals surface area contributed by atoms with Crippen molar-refractivity contribution < 1.29 is 0 Å². The van der Waals surface area contributed by atoms with Crippen molar-refractivity contribution >= 4 is 11.1 Å². The molecule has 3 aromatic carbocycles. The van der Waals surface area contributed by atoms with Crippen LogP contribution >= 0.6 is 0 Å². The highest BCUT2D eigenvalue weighted by atomic mass is 14.5. The van der Waals surface area contributed by atoms with Crippen LogP contribution in [0, 0.1) is 33.6 Å². The molecule has 0 saturated heterocycles. The lowest BCUT2D eigenvalue weighted by atomic mass is 9.63. The molecule has 3 atom stereocenters. The Labute approximate surface area is 272 Å². The summed E-state index contributed by atoms with van der Waals surface area (Å²) < 4.78 is 0. The molecule has 230 valence electrons. The second-order valence-corrected chi connectivity index (χ2v) is 13.8. The predicted octanol–water partition coefficient (Wildman–Crippen LogP) is 12.2. The molecule has 0 saturated carbocycles. The molecule has 0 amide bonds. The van der Waals surface area contributed by atoms with E-state index in [4.69, 9.17) is 0 Å². The molecule has 0 nitrogen and oxygen atoms in total. The third-order valence-electron chi connectivity index (χ3n) is 11.1. The summed E-state index contributed by atoms with van der Waals surface area (Å²) in [7, 11) is 0. The van der Waals surface area contributed by atoms with Crippen molar-refractivity contribution in [2.75, 3.05) is 0 Å². The second kappa shape index (κ2) is 12.5. The maximum absolute atomic E-state index is 2.48. The van der Waals surface area contributed by atoms with E-state index in [0.717, 1.165) is 25.7 Å². The third-order valence-corrected chi connectivity index (χ3v) is 11.1. The Bertz CT molecular complexity index is 1830. The van der Waals surface area contributed by atoms with Gasteiger partial charge in [-0.2, -0.15) is 0 Å². The summed E-state index contributed by atoms with van der Waals surface area (Å²) in [5, 5.41) is 0. The Balaban J connectivity index is 1.60. The standard InChI is InChI=1S/C45H50/c1-9-37-41-27-32(5)30(3)25-36(41)20-11-10-18-34(7)45(43-23-14-12-21-38(43)39-22-13-15-24-44(39)45)35(8)19-16-17-29(2)40-26-31(4)33(6)28-42(37)40/h10-12,14-19,21,23-28,35,37H,9,13,20,22H2,1-8H3/b11-10-,19-16-,29-17+,34-18+. The zero-order valence-electron chi connectivity index (χ0n) is 28.7. The Morgan fingerprint density at radius 1 is 0.756 bits per heavy atom. The van der Waals surface area contributed by atoms with Gasteiger partial charge in [-0.1, -0.05) is 117 Å². The Morgan fingerprint density at radius 2 is 1.47 bits per heavy atom. The number of hydrogen-bond donors (Lipinski definition) is 0. The lowest BCUT2D eigenvalue weighted by Crippen LogP contribution is -2.34. The van der Waals surface area contributed by atoms with Crippen LogP contribution < -0.4 is 0 Å². The van der Waals surface area contributed by atoms with Gasteiger partial charge in [-0.15, -0.1) is 0 Å². The fourth-order valence-electron chi connectivity index (χ4n) is 8.44. The van der Waals surface area contributed by atoms with E-state index in [-0.39, 0.29) is 11.3 Å². The molecule has 3 unspecified atom stereocenters. The van der Waals surface area contributed by atoms with Gasteiger partial charge in [0.25, 0.3) is 0 Å². The lowest BCUT2D eigenvalue weighted by molar-refractivity contribution is 0.477. The fourth-order valence-corrected chi connectivity index (χ4v) is 8.44. The number of allylic oxidation sites excluding steroid dienone is 12. The highest BCUT2D eigenvalue weighted by Crippen LogP contribution is 2.57. The first-order valence-corrected chi connectivity index (χ1v) is 17.1. The number of hydrogen-bond acceptors (Lipinski definition) is 0. The van der Waals surface area contributed by atoms with Crippen LogP contribution in [-0.2, 0) is 11.8 Å². The molecule has 3 aromatic rings. The van der Waals surface area contributed by atoms with Crippen LogP contribution in [0.25, 0.3) is 11.1 Å². The van der Waals surface area contributed by atoms with Crippen molar-refractivity contribution in [1.29, 1.82) is 0 Å². The van der Waals surface area contributed by atoms with Crippen molar-refractivity contribution in [2.24, 2.45) is 5.92 Å². The van der Waals surface area contributed by atoms with Crippen LogP contribution in [0.5, 0.6) is 0 Å². The molecule has 3 aliphatic carbocycles. The van der Waals surface area contributed by atoms with E-state index in [2.05, 4.69) is 153 Å². The van der Waals surface area contributed by atoms with E-state index in [1.807, 2.05) is 0 Å². The summed E-state index contributed by atoms with van der Waals surface area (Å²) in [6.07, 6.45) is 23.4. The maximum Gasteiger partial charge on any atom is 0.0480 e. The molecule has 0 fully saturated rings. The van der Waals surface area contributed by atoms with E-state index >= 15 is 0 Å². The van der Waals surface area contributed by atoms with E-state index in [1.54, 1.807) is 0 Å². The topological polar surface area (TPSA) is 0 Å². The molecular formula is C45H50. The summed E-state index contributed by atoms with van der Waals surface area (Å²) >= 11 is 0. The van der Waals surface area contributed by atoms with E-state index in [9.17, 15) is 0 Å². The van der Waals surface area contributed by atoms with Crippen LogP contribution in [0.4, 0.5) is 0 Å². The first-order valence-electron chi connectivity index (χ1n) is 17.1. The van der Waals surface area contributed by atoms with Crippen molar-refractivity contribution in [3.05, 3.63) is 164 Å². The molecular weight excluding hydrogens is 540 g/mol. The van der Waals surface area contributed by atoms with Crippen LogP contribution in [0.2, 0.25) is 0 Å².